The highest BCUT2D eigenvalue weighted by Gasteiger charge is 2.26. The monoisotopic (exact) mass is 472 g/mol. The Kier molecular flexibility index (Phi) is 6.58. The molecule has 2 heterocycles. The van der Waals surface area contributed by atoms with E-state index in [1.807, 2.05) is 54.6 Å². The van der Waals surface area contributed by atoms with Gasteiger partial charge in [0.05, 0.1) is 17.6 Å². The SMILES string of the molecule is O=S(=O)(/C=C/c1ccccc1)N1CCN(Cc2nc3ccccc3n2Cc2ccccc2)CC1. The molecule has 0 spiro atoms. The van der Waals surface area contributed by atoms with Gasteiger partial charge in [0.25, 0.3) is 0 Å². The van der Waals surface area contributed by atoms with Gasteiger partial charge in [0.2, 0.25) is 10.0 Å². The number of hydrogen-bond donors (Lipinski definition) is 0. The molecule has 0 saturated carbocycles. The van der Waals surface area contributed by atoms with Gasteiger partial charge in [-0.15, -0.1) is 0 Å². The Morgan fingerprint density at radius 1 is 0.765 bits per heavy atom. The number of hydrogen-bond acceptors (Lipinski definition) is 4. The van der Waals surface area contributed by atoms with Crippen molar-refractivity contribution < 1.29 is 8.42 Å². The van der Waals surface area contributed by atoms with Gasteiger partial charge in [0.1, 0.15) is 5.82 Å². The molecule has 1 fully saturated rings. The predicted molar refractivity (Wildman–Crippen MR) is 137 cm³/mol. The molecule has 0 unspecified atom stereocenters. The van der Waals surface area contributed by atoms with E-state index in [1.165, 1.54) is 11.0 Å². The minimum atomic E-state index is -3.44. The van der Waals surface area contributed by atoms with Crippen molar-refractivity contribution >= 4 is 27.1 Å². The number of benzene rings is 3. The molecule has 0 N–H and O–H groups in total. The Bertz CT molecular complexity index is 1370. The molecule has 0 aliphatic carbocycles. The number of imidazole rings is 1. The standard InChI is InChI=1S/C27H28N4O2S/c32-34(33,20-15-23-9-3-1-4-10-23)30-18-16-29(17-19-30)22-27-28-25-13-7-8-14-26(25)31(27)21-24-11-5-2-6-12-24/h1-15,20H,16-19,21-22H2/b20-15+. The van der Waals surface area contributed by atoms with E-state index < -0.39 is 10.0 Å². The van der Waals surface area contributed by atoms with Crippen molar-refractivity contribution in [2.24, 2.45) is 0 Å². The van der Waals surface area contributed by atoms with Crippen LogP contribution >= 0.6 is 0 Å². The molecule has 3 aromatic carbocycles. The smallest absolute Gasteiger partial charge is 0.236 e. The van der Waals surface area contributed by atoms with Crippen LogP contribution in [0.15, 0.2) is 90.3 Å². The lowest BCUT2D eigenvalue weighted by atomic mass is 10.2. The summed E-state index contributed by atoms with van der Waals surface area (Å²) in [6, 6.07) is 28.1. The van der Waals surface area contributed by atoms with E-state index in [9.17, 15) is 8.42 Å². The van der Waals surface area contributed by atoms with Gasteiger partial charge in [-0.3, -0.25) is 4.90 Å². The van der Waals surface area contributed by atoms with Crippen molar-refractivity contribution in [2.45, 2.75) is 13.1 Å². The molecular formula is C27H28N4O2S. The highest BCUT2D eigenvalue weighted by atomic mass is 32.2. The molecule has 6 nitrogen and oxygen atoms in total. The van der Waals surface area contributed by atoms with E-state index in [0.717, 1.165) is 29.0 Å². The van der Waals surface area contributed by atoms with Crippen LogP contribution < -0.4 is 0 Å². The van der Waals surface area contributed by atoms with Gasteiger partial charge < -0.3 is 4.57 Å². The van der Waals surface area contributed by atoms with E-state index in [2.05, 4.69) is 39.8 Å². The van der Waals surface area contributed by atoms with Gasteiger partial charge in [-0.25, -0.2) is 13.4 Å². The number of piperazine rings is 1. The first-order valence-electron chi connectivity index (χ1n) is 11.5. The summed E-state index contributed by atoms with van der Waals surface area (Å²) in [5.74, 6) is 1.00. The summed E-state index contributed by atoms with van der Waals surface area (Å²) in [7, 11) is -3.44. The van der Waals surface area contributed by atoms with Gasteiger partial charge >= 0.3 is 0 Å². The molecule has 7 heteroatoms. The molecule has 0 amide bonds. The van der Waals surface area contributed by atoms with Crippen LogP contribution in [0.25, 0.3) is 17.1 Å². The Morgan fingerprint density at radius 3 is 2.15 bits per heavy atom. The summed E-state index contributed by atoms with van der Waals surface area (Å²) in [6.45, 7) is 3.74. The molecule has 5 rings (SSSR count). The Morgan fingerprint density at radius 2 is 1.41 bits per heavy atom. The number of rotatable bonds is 7. The van der Waals surface area contributed by atoms with Crippen LogP contribution in [-0.4, -0.2) is 53.4 Å². The van der Waals surface area contributed by atoms with Crippen LogP contribution in [0.3, 0.4) is 0 Å². The van der Waals surface area contributed by atoms with Crippen molar-refractivity contribution in [3.8, 4) is 0 Å². The third kappa shape index (κ3) is 5.12. The minimum absolute atomic E-state index is 0.473. The number of sulfonamides is 1. The van der Waals surface area contributed by atoms with E-state index in [1.54, 1.807) is 10.4 Å². The summed E-state index contributed by atoms with van der Waals surface area (Å²) >= 11 is 0. The average Bonchev–Trinajstić information content (AvgIpc) is 3.21. The quantitative estimate of drug-likeness (QED) is 0.405. The Labute approximate surface area is 200 Å². The maximum absolute atomic E-state index is 12.8. The first-order valence-corrected chi connectivity index (χ1v) is 13.0. The predicted octanol–water partition coefficient (Wildman–Crippen LogP) is 4.20. The molecule has 1 aliphatic heterocycles. The average molecular weight is 473 g/mol. The van der Waals surface area contributed by atoms with Gasteiger partial charge in [-0.05, 0) is 29.3 Å². The Hall–Kier alpha value is -3.26. The molecule has 34 heavy (non-hydrogen) atoms. The summed E-state index contributed by atoms with van der Waals surface area (Å²) in [6.07, 6.45) is 1.66. The fourth-order valence-electron chi connectivity index (χ4n) is 4.35. The zero-order valence-electron chi connectivity index (χ0n) is 19.0. The Balaban J connectivity index is 1.28. The van der Waals surface area contributed by atoms with Crippen LogP contribution in [0, 0.1) is 0 Å². The van der Waals surface area contributed by atoms with Crippen molar-refractivity contribution in [3.05, 3.63) is 107 Å². The summed E-state index contributed by atoms with van der Waals surface area (Å²) < 4.78 is 29.4. The molecule has 0 radical (unpaired) electrons. The number of nitrogens with zero attached hydrogens (tertiary/aromatic N) is 4. The maximum atomic E-state index is 12.8. The molecule has 4 aromatic rings. The van der Waals surface area contributed by atoms with Gasteiger partial charge in [0.15, 0.2) is 0 Å². The van der Waals surface area contributed by atoms with Gasteiger partial charge in [-0.2, -0.15) is 4.31 Å². The molecule has 1 aliphatic rings. The highest BCUT2D eigenvalue weighted by Crippen LogP contribution is 2.20. The van der Waals surface area contributed by atoms with E-state index in [4.69, 9.17) is 4.98 Å². The lowest BCUT2D eigenvalue weighted by Gasteiger charge is -2.33. The fourth-order valence-corrected chi connectivity index (χ4v) is 5.52. The van der Waals surface area contributed by atoms with Crippen LogP contribution in [-0.2, 0) is 23.1 Å². The first-order chi connectivity index (χ1) is 16.6. The fraction of sp³-hybridized carbons (Fsp3) is 0.222. The number of para-hydroxylation sites is 2. The molecule has 1 saturated heterocycles. The molecular weight excluding hydrogens is 444 g/mol. The summed E-state index contributed by atoms with van der Waals surface area (Å²) in [5, 5.41) is 1.32. The van der Waals surface area contributed by atoms with Crippen molar-refractivity contribution in [1.29, 1.82) is 0 Å². The van der Waals surface area contributed by atoms with Gasteiger partial charge in [0, 0.05) is 38.1 Å². The molecule has 174 valence electrons. The summed E-state index contributed by atoms with van der Waals surface area (Å²) in [4.78, 5) is 7.20. The second-order valence-electron chi connectivity index (χ2n) is 8.52. The maximum Gasteiger partial charge on any atom is 0.236 e. The zero-order valence-corrected chi connectivity index (χ0v) is 19.8. The zero-order chi connectivity index (χ0) is 23.4. The number of aromatic nitrogens is 2. The second-order valence-corrected chi connectivity index (χ2v) is 10.3. The third-order valence-electron chi connectivity index (χ3n) is 6.21. The van der Waals surface area contributed by atoms with Crippen molar-refractivity contribution in [3.63, 3.8) is 0 Å². The van der Waals surface area contributed by atoms with Crippen LogP contribution in [0.2, 0.25) is 0 Å². The summed E-state index contributed by atoms with van der Waals surface area (Å²) in [5.41, 5.74) is 4.21. The normalized spacial score (nSPS) is 15.9. The van der Waals surface area contributed by atoms with E-state index in [-0.39, 0.29) is 0 Å². The topological polar surface area (TPSA) is 58.4 Å². The lowest BCUT2D eigenvalue weighted by molar-refractivity contribution is 0.177. The molecule has 0 bridgehead atoms. The second kappa shape index (κ2) is 9.93. The van der Waals surface area contributed by atoms with Crippen LogP contribution in [0.5, 0.6) is 0 Å². The molecule has 0 atom stereocenters. The third-order valence-corrected chi connectivity index (χ3v) is 7.77. The van der Waals surface area contributed by atoms with Crippen LogP contribution in [0.1, 0.15) is 17.0 Å². The van der Waals surface area contributed by atoms with Crippen LogP contribution in [0.4, 0.5) is 0 Å². The van der Waals surface area contributed by atoms with Crippen molar-refractivity contribution in [1.82, 2.24) is 18.8 Å². The highest BCUT2D eigenvalue weighted by molar-refractivity contribution is 7.92. The van der Waals surface area contributed by atoms with E-state index in [0.29, 0.717) is 32.7 Å². The minimum Gasteiger partial charge on any atom is -0.322 e. The first kappa shape index (κ1) is 22.5. The van der Waals surface area contributed by atoms with E-state index >= 15 is 0 Å². The van der Waals surface area contributed by atoms with Gasteiger partial charge in [-0.1, -0.05) is 72.8 Å². The number of fused-ring (bicyclic) bond motifs is 1. The molecule has 1 aromatic heterocycles. The van der Waals surface area contributed by atoms with Crippen molar-refractivity contribution in [2.75, 3.05) is 26.2 Å². The lowest BCUT2D eigenvalue weighted by Crippen LogP contribution is -2.47. The largest absolute Gasteiger partial charge is 0.322 e.